The van der Waals surface area contributed by atoms with E-state index in [9.17, 15) is 0 Å². The van der Waals surface area contributed by atoms with Crippen molar-refractivity contribution >= 4 is 21.6 Å². The highest BCUT2D eigenvalue weighted by molar-refractivity contribution is 9.10. The summed E-state index contributed by atoms with van der Waals surface area (Å²) in [7, 11) is 0. The number of anilines is 1. The van der Waals surface area contributed by atoms with Gasteiger partial charge in [0.2, 0.25) is 0 Å². The molecular formula is C13H15BrN4. The molecule has 0 bridgehead atoms. The Morgan fingerprint density at radius 2 is 2.22 bits per heavy atom. The molecule has 3 rings (SSSR count). The van der Waals surface area contributed by atoms with Gasteiger partial charge >= 0.3 is 0 Å². The van der Waals surface area contributed by atoms with Crippen molar-refractivity contribution in [3.05, 3.63) is 46.5 Å². The molecule has 0 unspecified atom stereocenters. The number of halogens is 1. The maximum Gasteiger partial charge on any atom is 0.128 e. The van der Waals surface area contributed by atoms with Gasteiger partial charge in [0.05, 0.1) is 12.2 Å². The van der Waals surface area contributed by atoms with Crippen molar-refractivity contribution in [2.75, 3.05) is 11.4 Å². The fourth-order valence-electron chi connectivity index (χ4n) is 2.31. The van der Waals surface area contributed by atoms with E-state index in [0.29, 0.717) is 6.54 Å². The van der Waals surface area contributed by atoms with Crippen LogP contribution >= 0.6 is 15.9 Å². The number of hydrogen-bond donors (Lipinski definition) is 1. The van der Waals surface area contributed by atoms with E-state index in [0.717, 1.165) is 35.5 Å². The van der Waals surface area contributed by atoms with Gasteiger partial charge < -0.3 is 15.2 Å². The predicted molar refractivity (Wildman–Crippen MR) is 75.3 cm³/mol. The van der Waals surface area contributed by atoms with Gasteiger partial charge in [0.15, 0.2) is 0 Å². The number of aromatic nitrogens is 2. The highest BCUT2D eigenvalue weighted by Gasteiger charge is 2.18. The summed E-state index contributed by atoms with van der Waals surface area (Å²) in [5, 5.41) is 0. The zero-order chi connectivity index (χ0) is 12.5. The van der Waals surface area contributed by atoms with Crippen molar-refractivity contribution in [3.8, 4) is 0 Å². The van der Waals surface area contributed by atoms with Crippen LogP contribution in [-0.2, 0) is 19.6 Å². The van der Waals surface area contributed by atoms with Gasteiger partial charge in [-0.25, -0.2) is 4.98 Å². The highest BCUT2D eigenvalue weighted by atomic mass is 79.9. The summed E-state index contributed by atoms with van der Waals surface area (Å²) < 4.78 is 3.31. The minimum atomic E-state index is 0.573. The van der Waals surface area contributed by atoms with Crippen LogP contribution in [0.5, 0.6) is 0 Å². The monoisotopic (exact) mass is 306 g/mol. The molecule has 1 aromatic heterocycles. The first kappa shape index (κ1) is 11.7. The number of rotatable bonds is 2. The van der Waals surface area contributed by atoms with E-state index in [-0.39, 0.29) is 0 Å². The molecule has 1 aliphatic heterocycles. The van der Waals surface area contributed by atoms with E-state index >= 15 is 0 Å². The van der Waals surface area contributed by atoms with Crippen LogP contribution in [0.4, 0.5) is 5.69 Å². The minimum Gasteiger partial charge on any atom is -0.361 e. The fourth-order valence-corrected chi connectivity index (χ4v) is 2.99. The maximum atomic E-state index is 5.65. The van der Waals surface area contributed by atoms with Crippen molar-refractivity contribution in [1.29, 1.82) is 0 Å². The van der Waals surface area contributed by atoms with E-state index in [1.807, 2.05) is 12.4 Å². The molecule has 2 heterocycles. The van der Waals surface area contributed by atoms with Gasteiger partial charge in [0, 0.05) is 36.5 Å². The zero-order valence-electron chi connectivity index (χ0n) is 10.0. The lowest BCUT2D eigenvalue weighted by Crippen LogP contribution is -2.33. The van der Waals surface area contributed by atoms with E-state index in [1.165, 1.54) is 5.69 Å². The molecule has 18 heavy (non-hydrogen) atoms. The number of nitrogens with two attached hydrogens (primary N) is 1. The first-order chi connectivity index (χ1) is 8.78. The van der Waals surface area contributed by atoms with Crippen LogP contribution in [0.1, 0.15) is 11.4 Å². The third-order valence-corrected chi connectivity index (χ3v) is 3.97. The lowest BCUT2D eigenvalue weighted by atomic mass is 10.2. The summed E-state index contributed by atoms with van der Waals surface area (Å²) in [5.74, 6) is 1.12. The predicted octanol–water partition coefficient (Wildman–Crippen LogP) is 2.12. The van der Waals surface area contributed by atoms with Crippen LogP contribution in [0.3, 0.4) is 0 Å². The average molecular weight is 307 g/mol. The normalized spacial score (nSPS) is 14.7. The number of benzene rings is 1. The van der Waals surface area contributed by atoms with Gasteiger partial charge in [-0.1, -0.05) is 6.07 Å². The van der Waals surface area contributed by atoms with Gasteiger partial charge in [-0.2, -0.15) is 0 Å². The number of imidazole rings is 1. The Labute approximate surface area is 115 Å². The topological polar surface area (TPSA) is 47.1 Å². The molecule has 94 valence electrons. The van der Waals surface area contributed by atoms with Crippen molar-refractivity contribution in [3.63, 3.8) is 0 Å². The number of hydrogen-bond acceptors (Lipinski definition) is 3. The second-order valence-electron chi connectivity index (χ2n) is 4.45. The van der Waals surface area contributed by atoms with E-state index in [2.05, 4.69) is 48.6 Å². The molecule has 1 aliphatic rings. The van der Waals surface area contributed by atoms with Gasteiger partial charge in [0.25, 0.3) is 0 Å². The fraction of sp³-hybridized carbons (Fsp3) is 0.308. The Kier molecular flexibility index (Phi) is 3.09. The second-order valence-corrected chi connectivity index (χ2v) is 5.30. The average Bonchev–Trinajstić information content (AvgIpc) is 2.85. The van der Waals surface area contributed by atoms with Gasteiger partial charge in [0.1, 0.15) is 5.82 Å². The summed E-state index contributed by atoms with van der Waals surface area (Å²) in [6.45, 7) is 3.42. The summed E-state index contributed by atoms with van der Waals surface area (Å²) in [6.07, 6.45) is 3.91. The van der Waals surface area contributed by atoms with Crippen LogP contribution in [0.15, 0.2) is 35.1 Å². The Morgan fingerprint density at radius 3 is 3.00 bits per heavy atom. The molecule has 0 spiro atoms. The third-order valence-electron chi connectivity index (χ3n) is 3.33. The Hall–Kier alpha value is -1.33. The maximum absolute atomic E-state index is 5.65. The first-order valence-electron chi connectivity index (χ1n) is 6.01. The molecule has 5 heteroatoms. The third kappa shape index (κ3) is 2.04. The Balaban J connectivity index is 1.88. The van der Waals surface area contributed by atoms with Crippen LogP contribution in [0.25, 0.3) is 0 Å². The summed E-state index contributed by atoms with van der Waals surface area (Å²) in [4.78, 5) is 6.72. The van der Waals surface area contributed by atoms with Crippen molar-refractivity contribution in [1.82, 2.24) is 9.55 Å². The van der Waals surface area contributed by atoms with Crippen LogP contribution < -0.4 is 10.6 Å². The van der Waals surface area contributed by atoms with Crippen molar-refractivity contribution in [2.24, 2.45) is 5.73 Å². The molecule has 0 amide bonds. The summed E-state index contributed by atoms with van der Waals surface area (Å²) >= 11 is 3.63. The van der Waals surface area contributed by atoms with Crippen LogP contribution in [-0.4, -0.2) is 16.1 Å². The zero-order valence-corrected chi connectivity index (χ0v) is 11.6. The minimum absolute atomic E-state index is 0.573. The molecule has 0 atom stereocenters. The standard InChI is InChI=1S/C13H15BrN4/c14-11-7-10(8-15)1-2-12(11)18-6-5-17-4-3-16-13(17)9-18/h1-4,7H,5-6,8-9,15H2. The van der Waals surface area contributed by atoms with Crippen LogP contribution in [0.2, 0.25) is 0 Å². The number of fused-ring (bicyclic) bond motifs is 1. The van der Waals surface area contributed by atoms with E-state index in [1.54, 1.807) is 0 Å². The molecule has 2 N–H and O–H groups in total. The summed E-state index contributed by atoms with van der Waals surface area (Å²) in [6, 6.07) is 6.31. The van der Waals surface area contributed by atoms with Crippen molar-refractivity contribution in [2.45, 2.75) is 19.6 Å². The van der Waals surface area contributed by atoms with Crippen LogP contribution in [0, 0.1) is 0 Å². The highest BCUT2D eigenvalue weighted by Crippen LogP contribution is 2.29. The largest absolute Gasteiger partial charge is 0.361 e. The molecule has 4 nitrogen and oxygen atoms in total. The number of nitrogens with zero attached hydrogens (tertiary/aromatic N) is 3. The molecule has 2 aromatic rings. The SMILES string of the molecule is NCc1ccc(N2CCn3ccnc3C2)c(Br)c1. The molecular weight excluding hydrogens is 292 g/mol. The van der Waals surface area contributed by atoms with Crippen molar-refractivity contribution < 1.29 is 0 Å². The summed E-state index contributed by atoms with van der Waals surface area (Å²) in [5.41, 5.74) is 8.00. The molecule has 0 fully saturated rings. The van der Waals surface area contributed by atoms with E-state index < -0.39 is 0 Å². The smallest absolute Gasteiger partial charge is 0.128 e. The lowest BCUT2D eigenvalue weighted by molar-refractivity contribution is 0.559. The van der Waals surface area contributed by atoms with E-state index in [4.69, 9.17) is 5.73 Å². The lowest BCUT2D eigenvalue weighted by Gasteiger charge is -2.30. The first-order valence-corrected chi connectivity index (χ1v) is 6.80. The molecule has 1 aromatic carbocycles. The Bertz CT molecular complexity index is 564. The Morgan fingerprint density at radius 1 is 1.33 bits per heavy atom. The van der Waals surface area contributed by atoms with Gasteiger partial charge in [-0.05, 0) is 33.6 Å². The van der Waals surface area contributed by atoms with Gasteiger partial charge in [-0.3, -0.25) is 0 Å². The molecule has 0 saturated heterocycles. The molecule has 0 radical (unpaired) electrons. The molecule has 0 saturated carbocycles. The quantitative estimate of drug-likeness (QED) is 0.924. The molecule has 0 aliphatic carbocycles. The van der Waals surface area contributed by atoms with Gasteiger partial charge in [-0.15, -0.1) is 0 Å². The second kappa shape index (κ2) is 4.74.